The molecule has 0 saturated carbocycles. The minimum absolute atomic E-state index is 0.131. The van der Waals surface area contributed by atoms with Gasteiger partial charge in [-0.25, -0.2) is 9.97 Å². The summed E-state index contributed by atoms with van der Waals surface area (Å²) in [5.74, 6) is 1.58. The van der Waals surface area contributed by atoms with Gasteiger partial charge in [0.05, 0.1) is 0 Å². The first-order chi connectivity index (χ1) is 9.77. The van der Waals surface area contributed by atoms with Gasteiger partial charge in [-0.15, -0.1) is 0 Å². The predicted octanol–water partition coefficient (Wildman–Crippen LogP) is 4.83. The number of nitrogens with zero attached hydrogens (tertiary/aromatic N) is 3. The Morgan fingerprint density at radius 3 is 2.48 bits per heavy atom. The molecular weight excluding hydrogens is 350 g/mol. The highest BCUT2D eigenvalue weighted by atomic mass is 79.9. The van der Waals surface area contributed by atoms with E-state index in [0.29, 0.717) is 5.15 Å². The molecule has 2 aromatic rings. The number of anilines is 1. The van der Waals surface area contributed by atoms with E-state index in [2.05, 4.69) is 57.6 Å². The molecule has 21 heavy (non-hydrogen) atoms. The zero-order valence-electron chi connectivity index (χ0n) is 12.7. The summed E-state index contributed by atoms with van der Waals surface area (Å²) in [6.07, 6.45) is 0. The van der Waals surface area contributed by atoms with E-state index in [4.69, 9.17) is 11.6 Å². The molecule has 0 N–H and O–H groups in total. The lowest BCUT2D eigenvalue weighted by Gasteiger charge is -2.23. The van der Waals surface area contributed by atoms with E-state index in [9.17, 15) is 0 Å². The number of aromatic nitrogens is 2. The van der Waals surface area contributed by atoms with Crippen LogP contribution >= 0.6 is 27.5 Å². The van der Waals surface area contributed by atoms with Gasteiger partial charge in [0, 0.05) is 29.5 Å². The molecule has 1 aromatic heterocycles. The average Bonchev–Trinajstić information content (AvgIpc) is 2.39. The fourth-order valence-electron chi connectivity index (χ4n) is 1.90. The van der Waals surface area contributed by atoms with Crippen LogP contribution in [0.15, 0.2) is 34.8 Å². The summed E-state index contributed by atoms with van der Waals surface area (Å²) in [7, 11) is 2.00. The standard InChI is InChI=1S/C16H19BrClN3/c1-16(2,3)15-19-13(18)9-14(20-15)21(4)10-11-7-5-6-8-12(11)17/h5-9H,10H2,1-4H3. The van der Waals surface area contributed by atoms with Crippen molar-refractivity contribution in [2.45, 2.75) is 32.7 Å². The number of hydrogen-bond donors (Lipinski definition) is 0. The summed E-state index contributed by atoms with van der Waals surface area (Å²) in [5.41, 5.74) is 1.07. The Bertz CT molecular complexity index is 638. The van der Waals surface area contributed by atoms with E-state index in [0.717, 1.165) is 22.7 Å². The molecule has 0 saturated heterocycles. The molecule has 5 heteroatoms. The second-order valence-corrected chi connectivity index (χ2v) is 7.31. The Hall–Kier alpha value is -1.13. The molecule has 0 spiro atoms. The average molecular weight is 369 g/mol. The van der Waals surface area contributed by atoms with Crippen LogP contribution < -0.4 is 4.90 Å². The first-order valence-corrected chi connectivity index (χ1v) is 7.94. The molecular formula is C16H19BrClN3. The van der Waals surface area contributed by atoms with Gasteiger partial charge in [-0.1, -0.05) is 66.5 Å². The number of benzene rings is 1. The SMILES string of the molecule is CN(Cc1ccccc1Br)c1cc(Cl)nc(C(C)(C)C)n1. The van der Waals surface area contributed by atoms with Crippen LogP contribution in [-0.2, 0) is 12.0 Å². The van der Waals surface area contributed by atoms with E-state index >= 15 is 0 Å². The second kappa shape index (κ2) is 6.32. The molecule has 0 aliphatic heterocycles. The summed E-state index contributed by atoms with van der Waals surface area (Å²) in [6, 6.07) is 9.97. The van der Waals surface area contributed by atoms with Crippen molar-refractivity contribution in [1.82, 2.24) is 9.97 Å². The van der Waals surface area contributed by atoms with Crippen molar-refractivity contribution in [3.05, 3.63) is 51.3 Å². The Kier molecular flexibility index (Phi) is 4.89. The van der Waals surface area contributed by atoms with E-state index in [1.807, 2.05) is 25.2 Å². The van der Waals surface area contributed by atoms with Crippen molar-refractivity contribution in [1.29, 1.82) is 0 Å². The molecule has 0 unspecified atom stereocenters. The number of hydrogen-bond acceptors (Lipinski definition) is 3. The van der Waals surface area contributed by atoms with Crippen molar-refractivity contribution in [3.8, 4) is 0 Å². The Labute approximate surface area is 139 Å². The zero-order valence-corrected chi connectivity index (χ0v) is 15.0. The van der Waals surface area contributed by atoms with Crippen LogP contribution in [0, 0.1) is 0 Å². The van der Waals surface area contributed by atoms with E-state index in [1.54, 1.807) is 6.07 Å². The van der Waals surface area contributed by atoms with Crippen LogP contribution in [0.1, 0.15) is 32.2 Å². The van der Waals surface area contributed by atoms with E-state index in [-0.39, 0.29) is 5.41 Å². The van der Waals surface area contributed by atoms with Crippen molar-refractivity contribution >= 4 is 33.3 Å². The van der Waals surface area contributed by atoms with Crippen molar-refractivity contribution in [2.24, 2.45) is 0 Å². The second-order valence-electron chi connectivity index (χ2n) is 6.07. The summed E-state index contributed by atoms with van der Waals surface area (Å²) in [6.45, 7) is 6.99. The first kappa shape index (κ1) is 16.2. The van der Waals surface area contributed by atoms with Crippen molar-refractivity contribution in [3.63, 3.8) is 0 Å². The van der Waals surface area contributed by atoms with Crippen LogP contribution in [0.25, 0.3) is 0 Å². The van der Waals surface area contributed by atoms with E-state index in [1.165, 1.54) is 5.56 Å². The minimum atomic E-state index is -0.131. The molecule has 0 aliphatic carbocycles. The minimum Gasteiger partial charge on any atom is -0.355 e. The van der Waals surface area contributed by atoms with Crippen LogP contribution in [-0.4, -0.2) is 17.0 Å². The summed E-state index contributed by atoms with van der Waals surface area (Å²) in [5, 5.41) is 0.476. The highest BCUT2D eigenvalue weighted by Crippen LogP contribution is 2.25. The Morgan fingerprint density at radius 2 is 1.86 bits per heavy atom. The maximum absolute atomic E-state index is 6.15. The third-order valence-corrected chi connectivity index (χ3v) is 4.08. The molecule has 0 radical (unpaired) electrons. The van der Waals surface area contributed by atoms with Gasteiger partial charge < -0.3 is 4.90 Å². The van der Waals surface area contributed by atoms with Crippen LogP contribution in [0.2, 0.25) is 5.15 Å². The number of halogens is 2. The lowest BCUT2D eigenvalue weighted by molar-refractivity contribution is 0.544. The largest absolute Gasteiger partial charge is 0.355 e. The van der Waals surface area contributed by atoms with Gasteiger partial charge in [0.1, 0.15) is 16.8 Å². The molecule has 2 rings (SSSR count). The normalized spacial score (nSPS) is 11.5. The topological polar surface area (TPSA) is 29.0 Å². The van der Waals surface area contributed by atoms with Crippen LogP contribution in [0.5, 0.6) is 0 Å². The maximum Gasteiger partial charge on any atom is 0.137 e. The molecule has 112 valence electrons. The van der Waals surface area contributed by atoms with Crippen molar-refractivity contribution in [2.75, 3.05) is 11.9 Å². The van der Waals surface area contributed by atoms with Gasteiger partial charge in [0.2, 0.25) is 0 Å². The van der Waals surface area contributed by atoms with Crippen molar-refractivity contribution < 1.29 is 0 Å². The fourth-order valence-corrected chi connectivity index (χ4v) is 2.49. The van der Waals surface area contributed by atoms with Gasteiger partial charge in [-0.05, 0) is 11.6 Å². The first-order valence-electron chi connectivity index (χ1n) is 6.77. The van der Waals surface area contributed by atoms with Crippen LogP contribution in [0.4, 0.5) is 5.82 Å². The lowest BCUT2D eigenvalue weighted by Crippen LogP contribution is -2.22. The highest BCUT2D eigenvalue weighted by molar-refractivity contribution is 9.10. The molecule has 3 nitrogen and oxygen atoms in total. The Morgan fingerprint density at radius 1 is 1.19 bits per heavy atom. The highest BCUT2D eigenvalue weighted by Gasteiger charge is 2.20. The van der Waals surface area contributed by atoms with E-state index < -0.39 is 0 Å². The molecule has 0 amide bonds. The van der Waals surface area contributed by atoms with Gasteiger partial charge in [0.25, 0.3) is 0 Å². The zero-order chi connectivity index (χ0) is 15.6. The molecule has 0 fully saturated rings. The Balaban J connectivity index is 2.29. The molecule has 0 atom stereocenters. The third kappa shape index (κ3) is 4.17. The summed E-state index contributed by atoms with van der Waals surface area (Å²) >= 11 is 9.72. The van der Waals surface area contributed by atoms with Gasteiger partial charge in [0.15, 0.2) is 0 Å². The molecule has 0 bridgehead atoms. The fraction of sp³-hybridized carbons (Fsp3) is 0.375. The van der Waals surface area contributed by atoms with Gasteiger partial charge >= 0.3 is 0 Å². The molecule has 1 heterocycles. The summed E-state index contributed by atoms with van der Waals surface area (Å²) < 4.78 is 1.09. The maximum atomic E-state index is 6.15. The quantitative estimate of drug-likeness (QED) is 0.727. The summed E-state index contributed by atoms with van der Waals surface area (Å²) in [4.78, 5) is 11.0. The van der Waals surface area contributed by atoms with Gasteiger partial charge in [-0.3, -0.25) is 0 Å². The van der Waals surface area contributed by atoms with Crippen LogP contribution in [0.3, 0.4) is 0 Å². The smallest absolute Gasteiger partial charge is 0.137 e. The number of rotatable bonds is 3. The molecule has 1 aromatic carbocycles. The lowest BCUT2D eigenvalue weighted by atomic mass is 9.96. The van der Waals surface area contributed by atoms with Gasteiger partial charge in [-0.2, -0.15) is 0 Å². The monoisotopic (exact) mass is 367 g/mol. The molecule has 0 aliphatic rings. The third-order valence-electron chi connectivity index (χ3n) is 3.11. The predicted molar refractivity (Wildman–Crippen MR) is 92.0 cm³/mol.